The van der Waals surface area contributed by atoms with E-state index in [4.69, 9.17) is 121 Å². The molecule has 0 spiro atoms. The van der Waals surface area contributed by atoms with Crippen molar-refractivity contribution >= 4 is 0 Å². The van der Waals surface area contributed by atoms with Crippen LogP contribution >= 0.6 is 0 Å². The highest BCUT2D eigenvalue weighted by Gasteiger charge is 2.58. The van der Waals surface area contributed by atoms with Gasteiger partial charge in [-0.2, -0.15) is 0 Å². The number of rotatable bonds is 28. The van der Waals surface area contributed by atoms with Gasteiger partial charge in [-0.25, -0.2) is 9.36 Å². The van der Waals surface area contributed by atoms with Crippen LogP contribution in [-0.2, 0) is 82.8 Å². The molecule has 2 aliphatic carbocycles. The van der Waals surface area contributed by atoms with Crippen LogP contribution in [0, 0.1) is 0 Å². The van der Waals surface area contributed by atoms with E-state index in [0.29, 0.717) is 37.1 Å². The van der Waals surface area contributed by atoms with E-state index in [1.54, 1.807) is 12.4 Å². The van der Waals surface area contributed by atoms with Gasteiger partial charge in [0.2, 0.25) is 0 Å². The average Bonchev–Trinajstić information content (AvgIpc) is 1.77. The molecule has 6 aliphatic heterocycles. The van der Waals surface area contributed by atoms with Gasteiger partial charge in [0.15, 0.2) is 37.7 Å². The molecule has 20 unspecified atom stereocenters. The summed E-state index contributed by atoms with van der Waals surface area (Å²) in [4.78, 5) is 0. The van der Waals surface area contributed by atoms with Gasteiger partial charge < -0.3 is 187 Å². The van der Waals surface area contributed by atoms with Crippen molar-refractivity contribution in [2.24, 2.45) is 68.8 Å². The molecule has 36 N–H and O–H groups in total. The summed E-state index contributed by atoms with van der Waals surface area (Å²) in [6.07, 6.45) is -35.0. The minimum Gasteiger partial charge on any atom is -0.389 e. The standard InChI is InChI=1S/C56H104N18O24/c57-9-23-35(77)39(81)29(65)51(87-23)93-45-21(63)7-19(61)33(75)49(45)97-55-43(85)47(95-53-31(67)41(83)37(79)25(11-59)89-53)27(91-55)15-73-13-17(69-71-73)5-3-1-2-4-6-18-14-74(72-70-18)16-28-48(96-54-32(68)42(84)38(80)26(12-60)90-54)44(86)56(92-28)98-50-34(76)20(62)8-22(64)46(50)94-52-30(66)40(82)36(78)24(10-58)88-52/h13-14,19-56,75-86H,1-12,15-16,57-68H2/t19-,20-,21?,22?,23?,24?,25+,26+,27-,28-,29?,30?,31?,32?,33?,34?,35?,36?,37?,38?,39-,40-,41?,42?,43?,44?,45?,46?,47+,48+,49-,50-,51-,52-,53-,54-,55+,56+/m1/s1/i/hD. The molecule has 0 radical (unpaired) electrons. The quantitative estimate of drug-likeness (QED) is 0.0352. The Morgan fingerprint density at radius 3 is 0.980 bits per heavy atom. The van der Waals surface area contributed by atoms with E-state index in [9.17, 15) is 61.3 Å². The third-order valence-electron chi connectivity index (χ3n) is 19.9. The predicted octanol–water partition coefficient (Wildman–Crippen LogP) is -15.5. The zero-order valence-electron chi connectivity index (χ0n) is 54.8. The van der Waals surface area contributed by atoms with Crippen LogP contribution in [0.3, 0.4) is 0 Å². The molecule has 2 aromatic heterocycles. The Bertz CT molecular complexity index is 2800. The van der Waals surface area contributed by atoms with Crippen molar-refractivity contribution in [1.29, 1.82) is 0 Å². The molecule has 38 atom stereocenters. The first-order chi connectivity index (χ1) is 47.2. The third kappa shape index (κ3) is 16.8. The van der Waals surface area contributed by atoms with E-state index in [1.165, 1.54) is 9.36 Å². The fraction of sp³-hybridized carbons (Fsp3) is 0.929. The van der Waals surface area contributed by atoms with E-state index in [0.717, 1.165) is 12.8 Å². The average molecular weight is 1410 g/mol. The van der Waals surface area contributed by atoms with Gasteiger partial charge in [-0.1, -0.05) is 23.3 Å². The highest BCUT2D eigenvalue weighted by atomic mass is 16.8. The zero-order valence-corrected chi connectivity index (χ0v) is 53.8. The van der Waals surface area contributed by atoms with Crippen LogP contribution in [0.15, 0.2) is 12.4 Å². The number of aromatic nitrogens is 6. The van der Waals surface area contributed by atoms with Crippen molar-refractivity contribution in [2.45, 2.75) is 297 Å². The Balaban J connectivity index is 0.761. The first-order valence-electron chi connectivity index (χ1n) is 33.8. The lowest BCUT2D eigenvalue weighted by Crippen LogP contribution is -2.68. The first kappa shape index (κ1) is 76.0. The number of nitrogens with two attached hydrogens (primary N) is 12. The highest BCUT2D eigenvalue weighted by Crippen LogP contribution is 2.38. The summed E-state index contributed by atoms with van der Waals surface area (Å²) in [5.41, 5.74) is 71.2. The van der Waals surface area contributed by atoms with Crippen molar-refractivity contribution in [3.05, 3.63) is 23.8 Å². The molecular weight excluding hydrogens is 1310 g/mol. The second-order valence-electron chi connectivity index (χ2n) is 26.9. The van der Waals surface area contributed by atoms with Crippen molar-refractivity contribution in [3.63, 3.8) is 0 Å². The molecular formula is C56H104N18O24. The number of ether oxygens (including phenoxy) is 12. The lowest BCUT2D eigenvalue weighted by molar-refractivity contribution is -0.306. The fourth-order valence-corrected chi connectivity index (χ4v) is 13.9. The molecule has 42 heteroatoms. The molecule has 0 amide bonds. The van der Waals surface area contributed by atoms with Crippen molar-refractivity contribution < 1.29 is 120 Å². The summed E-state index contributed by atoms with van der Waals surface area (Å²) >= 11 is 0. The number of aliphatic hydroxyl groups is 12. The van der Waals surface area contributed by atoms with Gasteiger partial charge in [-0.3, -0.25) is 0 Å². The molecule has 6 saturated heterocycles. The van der Waals surface area contributed by atoms with Gasteiger partial charge >= 0.3 is 0 Å². The van der Waals surface area contributed by atoms with E-state index < -0.39 is 233 Å². The minimum absolute atomic E-state index is 0.0213. The lowest BCUT2D eigenvalue weighted by Gasteiger charge is -2.47. The van der Waals surface area contributed by atoms with Gasteiger partial charge in [0, 0.05) is 62.7 Å². The molecule has 0 aromatic carbocycles. The summed E-state index contributed by atoms with van der Waals surface area (Å²) in [5.74, 6) is 0. The Morgan fingerprint density at radius 1 is 0.357 bits per heavy atom. The van der Waals surface area contributed by atoms with Gasteiger partial charge in [0.1, 0.15) is 136 Å². The Hall–Kier alpha value is -3.16. The van der Waals surface area contributed by atoms with Crippen LogP contribution in [0.5, 0.6) is 0 Å². The summed E-state index contributed by atoms with van der Waals surface area (Å²) < 4.78 is 84.6. The molecule has 562 valence electrons. The van der Waals surface area contributed by atoms with E-state index >= 15 is 0 Å². The predicted molar refractivity (Wildman–Crippen MR) is 328 cm³/mol. The van der Waals surface area contributed by atoms with Crippen LogP contribution in [0.25, 0.3) is 0 Å². The van der Waals surface area contributed by atoms with Gasteiger partial charge in [0.05, 0.1) is 60.9 Å². The lowest BCUT2D eigenvalue weighted by atomic mass is 9.84. The molecule has 0 bridgehead atoms. The van der Waals surface area contributed by atoms with Crippen LogP contribution in [0.4, 0.5) is 0 Å². The maximum Gasteiger partial charge on any atom is 0.187 e. The van der Waals surface area contributed by atoms with E-state index in [1.807, 2.05) is 0 Å². The molecule has 8 heterocycles. The fourth-order valence-electron chi connectivity index (χ4n) is 13.9. The SMILES string of the molecule is [2H]NC1C(O)C(O)[C@H](CN)O[C@@H]1O[C@@H]1C(O)[C@H](O[C@H]2C(O[C@H]3OC(CN)C(O)[C@H](O)C3N)C(N)C[C@@H](N)C2O)O[C@@H]1Cn1cc(CCCCCCc2cn(C[C@H]3O[C@@H](O[C@H]4C(O[C@H]5OC(CN)C(O)[C@H](O)C5N)C(N)C[C@@H](N)C4O)C(O)[C@H]3O[C@H]3O[C@@H](CN)C(O)C(O)C3N)nn2)nn1. The normalized spacial score (nSPS) is 48.1. The number of hydrogen-bond donors (Lipinski definition) is 24. The summed E-state index contributed by atoms with van der Waals surface area (Å²) in [6.45, 7) is -1.16. The van der Waals surface area contributed by atoms with Crippen LogP contribution in [0.2, 0.25) is 1.41 Å². The van der Waals surface area contributed by atoms with Crippen LogP contribution in [0.1, 0.15) is 49.9 Å². The number of hydrogen-bond acceptors (Lipinski definition) is 40. The molecule has 42 nitrogen and oxygen atoms in total. The van der Waals surface area contributed by atoms with E-state index in [2.05, 4.69) is 26.4 Å². The van der Waals surface area contributed by atoms with Gasteiger partial charge in [-0.05, 0) is 38.5 Å². The smallest absolute Gasteiger partial charge is 0.187 e. The monoisotopic (exact) mass is 1410 g/mol. The second-order valence-corrected chi connectivity index (χ2v) is 26.9. The molecule has 2 aromatic rings. The topological polar surface area (TPSA) is 727 Å². The molecule has 8 fully saturated rings. The van der Waals surface area contributed by atoms with Crippen LogP contribution in [-0.4, -0.2) is 350 Å². The van der Waals surface area contributed by atoms with Crippen molar-refractivity contribution in [3.8, 4) is 0 Å². The maximum absolute atomic E-state index is 12.1. The number of aliphatic hydroxyl groups excluding tert-OH is 12. The molecule has 98 heavy (non-hydrogen) atoms. The minimum atomic E-state index is -1.71. The Morgan fingerprint density at radius 2 is 0.653 bits per heavy atom. The van der Waals surface area contributed by atoms with Gasteiger partial charge in [0.25, 0.3) is 0 Å². The summed E-state index contributed by atoms with van der Waals surface area (Å²) in [5, 5.41) is 150. The zero-order chi connectivity index (χ0) is 71.6. The molecule has 8 aliphatic rings. The van der Waals surface area contributed by atoms with Gasteiger partial charge in [-0.15, -0.1) is 10.2 Å². The van der Waals surface area contributed by atoms with E-state index in [-0.39, 0.29) is 52.1 Å². The highest BCUT2D eigenvalue weighted by molar-refractivity contribution is 5.06. The third-order valence-corrected chi connectivity index (χ3v) is 19.9. The maximum atomic E-state index is 12.1. The Kier molecular flexibility index (Phi) is 26.2. The number of unbranched alkanes of at least 4 members (excludes halogenated alkanes) is 3. The number of nitrogens with zero attached hydrogens (tertiary/aromatic N) is 6. The molecule has 2 saturated carbocycles. The number of aryl methyl sites for hydroxylation is 2. The first-order valence-corrected chi connectivity index (χ1v) is 33.3. The van der Waals surface area contributed by atoms with Crippen LogP contribution < -0.4 is 68.8 Å². The Labute approximate surface area is 563 Å². The second kappa shape index (κ2) is 33.7. The largest absolute Gasteiger partial charge is 0.389 e. The molecule has 10 rings (SSSR count). The van der Waals surface area contributed by atoms with Crippen molar-refractivity contribution in [2.75, 3.05) is 26.2 Å². The summed E-state index contributed by atoms with van der Waals surface area (Å²) in [6, 6.07) is -9.10. The van der Waals surface area contributed by atoms with Crippen molar-refractivity contribution in [1.82, 2.24) is 30.0 Å². The summed E-state index contributed by atoms with van der Waals surface area (Å²) in [7, 11) is 0.